The van der Waals surface area contributed by atoms with Gasteiger partial charge in [0.25, 0.3) is 0 Å². The SMILES string of the molecule is COc1ccc2c3ccnc(C)c3n(CC(C)c3nnco3)c2c1. The summed E-state index contributed by atoms with van der Waals surface area (Å²) in [5.41, 5.74) is 3.25. The van der Waals surface area contributed by atoms with Gasteiger partial charge in [-0.3, -0.25) is 4.98 Å². The molecule has 6 heteroatoms. The molecule has 0 saturated carbocycles. The number of aryl methyl sites for hydroxylation is 1. The van der Waals surface area contributed by atoms with Crippen molar-refractivity contribution in [2.45, 2.75) is 26.3 Å². The predicted molar refractivity (Wildman–Crippen MR) is 91.2 cm³/mol. The van der Waals surface area contributed by atoms with Gasteiger partial charge in [-0.2, -0.15) is 0 Å². The lowest BCUT2D eigenvalue weighted by molar-refractivity contribution is 0.415. The smallest absolute Gasteiger partial charge is 0.220 e. The molecule has 1 aromatic carbocycles. The Balaban J connectivity index is 1.96. The van der Waals surface area contributed by atoms with Crippen LogP contribution in [0, 0.1) is 6.92 Å². The molecular weight excluding hydrogens is 304 g/mol. The van der Waals surface area contributed by atoms with E-state index in [1.165, 1.54) is 17.2 Å². The fraction of sp³-hybridized carbons (Fsp3) is 0.278. The summed E-state index contributed by atoms with van der Waals surface area (Å²) in [6.45, 7) is 4.84. The van der Waals surface area contributed by atoms with E-state index in [1.807, 2.05) is 19.2 Å². The van der Waals surface area contributed by atoms with Gasteiger partial charge in [-0.25, -0.2) is 0 Å². The Morgan fingerprint density at radius 1 is 1.25 bits per heavy atom. The standard InChI is InChI=1S/C18H18N4O2/c1-11(18-21-20-10-24-18)9-22-16-8-13(23-3)4-5-14(16)15-6-7-19-12(2)17(15)22/h4-8,10-11H,9H2,1-3H3. The summed E-state index contributed by atoms with van der Waals surface area (Å²) in [6, 6.07) is 8.22. The number of hydrogen-bond donors (Lipinski definition) is 0. The van der Waals surface area contributed by atoms with Crippen molar-refractivity contribution in [2.75, 3.05) is 7.11 Å². The maximum absolute atomic E-state index is 5.41. The third kappa shape index (κ3) is 2.22. The molecule has 0 saturated heterocycles. The van der Waals surface area contributed by atoms with Crippen LogP contribution in [0.5, 0.6) is 5.75 Å². The number of aromatic nitrogens is 4. The minimum atomic E-state index is 0.0945. The quantitative estimate of drug-likeness (QED) is 0.573. The van der Waals surface area contributed by atoms with Gasteiger partial charge in [0.2, 0.25) is 12.3 Å². The summed E-state index contributed by atoms with van der Waals surface area (Å²) in [5.74, 6) is 1.56. The largest absolute Gasteiger partial charge is 0.497 e. The van der Waals surface area contributed by atoms with Crippen molar-refractivity contribution in [3.63, 3.8) is 0 Å². The van der Waals surface area contributed by atoms with Crippen LogP contribution in [0.15, 0.2) is 41.3 Å². The van der Waals surface area contributed by atoms with E-state index in [2.05, 4.69) is 44.9 Å². The van der Waals surface area contributed by atoms with Crippen LogP contribution in [0.2, 0.25) is 0 Å². The van der Waals surface area contributed by atoms with E-state index in [1.54, 1.807) is 7.11 Å². The molecule has 122 valence electrons. The highest BCUT2D eigenvalue weighted by Crippen LogP contribution is 2.34. The summed E-state index contributed by atoms with van der Waals surface area (Å²) in [5, 5.41) is 10.2. The van der Waals surface area contributed by atoms with E-state index in [4.69, 9.17) is 9.15 Å². The first-order chi connectivity index (χ1) is 11.7. The van der Waals surface area contributed by atoms with E-state index < -0.39 is 0 Å². The number of nitrogens with zero attached hydrogens (tertiary/aromatic N) is 4. The monoisotopic (exact) mass is 322 g/mol. The van der Waals surface area contributed by atoms with Crippen molar-refractivity contribution in [1.82, 2.24) is 19.7 Å². The third-order valence-electron chi connectivity index (χ3n) is 4.42. The Kier molecular flexibility index (Phi) is 3.45. The number of fused-ring (bicyclic) bond motifs is 3. The molecule has 0 aliphatic rings. The molecule has 0 fully saturated rings. The van der Waals surface area contributed by atoms with Crippen molar-refractivity contribution in [3.05, 3.63) is 48.4 Å². The van der Waals surface area contributed by atoms with Crippen LogP contribution in [0.3, 0.4) is 0 Å². The molecular formula is C18H18N4O2. The molecule has 0 amide bonds. The average molecular weight is 322 g/mol. The van der Waals surface area contributed by atoms with E-state index in [9.17, 15) is 0 Å². The number of methoxy groups -OCH3 is 1. The summed E-state index contributed by atoms with van der Waals surface area (Å²) >= 11 is 0. The van der Waals surface area contributed by atoms with Crippen molar-refractivity contribution >= 4 is 21.8 Å². The van der Waals surface area contributed by atoms with Crippen LogP contribution in [-0.2, 0) is 6.54 Å². The van der Waals surface area contributed by atoms with Gasteiger partial charge in [0.05, 0.1) is 29.8 Å². The molecule has 4 rings (SSSR count). The first-order valence-electron chi connectivity index (χ1n) is 7.86. The highest BCUT2D eigenvalue weighted by molar-refractivity contribution is 6.09. The molecule has 24 heavy (non-hydrogen) atoms. The van der Waals surface area contributed by atoms with E-state index in [0.29, 0.717) is 5.89 Å². The highest BCUT2D eigenvalue weighted by atomic mass is 16.5. The average Bonchev–Trinajstić information content (AvgIpc) is 3.23. The van der Waals surface area contributed by atoms with Gasteiger partial charge >= 0.3 is 0 Å². The number of rotatable bonds is 4. The molecule has 1 unspecified atom stereocenters. The molecule has 6 nitrogen and oxygen atoms in total. The van der Waals surface area contributed by atoms with Gasteiger partial charge in [0.1, 0.15) is 5.75 Å². The Morgan fingerprint density at radius 3 is 2.88 bits per heavy atom. The van der Waals surface area contributed by atoms with E-state index >= 15 is 0 Å². The third-order valence-corrected chi connectivity index (χ3v) is 4.42. The lowest BCUT2D eigenvalue weighted by Crippen LogP contribution is -2.07. The Morgan fingerprint density at radius 2 is 2.12 bits per heavy atom. The molecule has 1 atom stereocenters. The normalized spacial score (nSPS) is 12.8. The van der Waals surface area contributed by atoms with Gasteiger partial charge in [-0.05, 0) is 25.1 Å². The van der Waals surface area contributed by atoms with Crippen LogP contribution in [-0.4, -0.2) is 26.9 Å². The van der Waals surface area contributed by atoms with Crippen molar-refractivity contribution in [1.29, 1.82) is 0 Å². The Hall–Kier alpha value is -2.89. The Bertz CT molecular complexity index is 1000. The molecule has 3 heterocycles. The molecule has 0 aliphatic heterocycles. The van der Waals surface area contributed by atoms with Gasteiger partial charge < -0.3 is 13.7 Å². The fourth-order valence-corrected chi connectivity index (χ4v) is 3.26. The van der Waals surface area contributed by atoms with Gasteiger partial charge in [0.15, 0.2) is 0 Å². The van der Waals surface area contributed by atoms with Crippen molar-refractivity contribution in [2.24, 2.45) is 0 Å². The maximum atomic E-state index is 5.41. The Labute approximate surface area is 139 Å². The first kappa shape index (κ1) is 14.7. The molecule has 4 aromatic rings. The van der Waals surface area contributed by atoms with Gasteiger partial charge in [0, 0.05) is 29.6 Å². The zero-order valence-electron chi connectivity index (χ0n) is 13.9. The number of benzene rings is 1. The molecule has 0 N–H and O–H groups in total. The predicted octanol–water partition coefficient (Wildman–Crippen LogP) is 3.69. The molecule has 0 radical (unpaired) electrons. The van der Waals surface area contributed by atoms with Crippen molar-refractivity contribution < 1.29 is 9.15 Å². The summed E-state index contributed by atoms with van der Waals surface area (Å²) < 4.78 is 13.0. The van der Waals surface area contributed by atoms with Crippen LogP contribution >= 0.6 is 0 Å². The lowest BCUT2D eigenvalue weighted by Gasteiger charge is -2.12. The molecule has 0 aliphatic carbocycles. The second-order valence-electron chi connectivity index (χ2n) is 5.96. The minimum absolute atomic E-state index is 0.0945. The topological polar surface area (TPSA) is 66.0 Å². The highest BCUT2D eigenvalue weighted by Gasteiger charge is 2.18. The second-order valence-corrected chi connectivity index (χ2v) is 5.96. The fourth-order valence-electron chi connectivity index (χ4n) is 3.26. The van der Waals surface area contributed by atoms with Crippen LogP contribution in [0.25, 0.3) is 21.8 Å². The molecule has 0 spiro atoms. The summed E-state index contributed by atoms with van der Waals surface area (Å²) in [4.78, 5) is 4.47. The number of ether oxygens (including phenoxy) is 1. The van der Waals surface area contributed by atoms with E-state index in [-0.39, 0.29) is 5.92 Å². The minimum Gasteiger partial charge on any atom is -0.497 e. The maximum Gasteiger partial charge on any atom is 0.220 e. The van der Waals surface area contributed by atoms with E-state index in [0.717, 1.165) is 29.0 Å². The summed E-state index contributed by atoms with van der Waals surface area (Å²) in [6.07, 6.45) is 3.22. The van der Waals surface area contributed by atoms with Crippen molar-refractivity contribution in [3.8, 4) is 5.75 Å². The zero-order valence-corrected chi connectivity index (χ0v) is 13.9. The van der Waals surface area contributed by atoms with Crippen LogP contribution < -0.4 is 4.74 Å². The lowest BCUT2D eigenvalue weighted by atomic mass is 10.1. The van der Waals surface area contributed by atoms with Gasteiger partial charge in [-0.1, -0.05) is 6.92 Å². The second kappa shape index (κ2) is 5.63. The number of hydrogen-bond acceptors (Lipinski definition) is 5. The van der Waals surface area contributed by atoms with Crippen LogP contribution in [0.1, 0.15) is 24.4 Å². The molecule has 0 bridgehead atoms. The zero-order chi connectivity index (χ0) is 16.7. The number of pyridine rings is 1. The van der Waals surface area contributed by atoms with Gasteiger partial charge in [-0.15, -0.1) is 10.2 Å². The van der Waals surface area contributed by atoms with Crippen LogP contribution in [0.4, 0.5) is 0 Å². The summed E-state index contributed by atoms with van der Waals surface area (Å²) in [7, 11) is 1.68. The molecule has 3 aromatic heterocycles. The first-order valence-corrected chi connectivity index (χ1v) is 7.86.